The maximum atomic E-state index is 12.1. The van der Waals surface area contributed by atoms with Gasteiger partial charge in [0.25, 0.3) is 5.91 Å². The number of nitrogens with zero attached hydrogens (tertiary/aromatic N) is 1. The van der Waals surface area contributed by atoms with Crippen molar-refractivity contribution in [3.05, 3.63) is 59.3 Å². The number of benzene rings is 2. The Balaban J connectivity index is 1.96. The monoisotopic (exact) mass is 447 g/mol. The van der Waals surface area contributed by atoms with Gasteiger partial charge < -0.3 is 14.6 Å². The Morgan fingerprint density at radius 3 is 2.50 bits per heavy atom. The summed E-state index contributed by atoms with van der Waals surface area (Å²) in [6.07, 6.45) is 3.44. The third-order valence-corrected chi connectivity index (χ3v) is 5.25. The van der Waals surface area contributed by atoms with Crippen molar-refractivity contribution in [2.75, 3.05) is 18.7 Å². The molecule has 0 saturated heterocycles. The van der Waals surface area contributed by atoms with Gasteiger partial charge in [-0.2, -0.15) is 0 Å². The largest absolute Gasteiger partial charge is 0.496 e. The highest BCUT2D eigenvalue weighted by molar-refractivity contribution is 7.89. The molecule has 0 saturated carbocycles. The lowest BCUT2D eigenvalue weighted by Gasteiger charge is -2.11. The van der Waals surface area contributed by atoms with Gasteiger partial charge in [-0.25, -0.2) is 13.1 Å². The second-order valence-electron chi connectivity index (χ2n) is 6.89. The van der Waals surface area contributed by atoms with Crippen LogP contribution in [0, 0.1) is 0 Å². The summed E-state index contributed by atoms with van der Waals surface area (Å²) in [6, 6.07) is 10.5. The molecule has 3 rings (SSSR count). The van der Waals surface area contributed by atoms with E-state index in [0.29, 0.717) is 17.9 Å². The predicted molar refractivity (Wildman–Crippen MR) is 120 cm³/mol. The maximum Gasteiger partial charge on any atom is 0.264 e. The molecule has 0 fully saturated rings. The number of carbonyl (C=O) groups is 2. The number of amides is 2. The van der Waals surface area contributed by atoms with E-state index in [1.54, 1.807) is 12.1 Å². The summed E-state index contributed by atoms with van der Waals surface area (Å²) in [6.45, 7) is 0. The number of methoxy groups -OCH3 is 1. The van der Waals surface area contributed by atoms with Crippen molar-refractivity contribution in [1.82, 2.24) is 9.29 Å². The summed E-state index contributed by atoms with van der Waals surface area (Å²) in [4.78, 5) is 23.5. The van der Waals surface area contributed by atoms with Gasteiger partial charge >= 0.3 is 0 Å². The second-order valence-corrected chi connectivity index (χ2v) is 9.17. The Morgan fingerprint density at radius 2 is 1.87 bits per heavy atom. The number of sulfonamides is 1. The Kier molecular flexibility index (Phi) is 6.14. The van der Waals surface area contributed by atoms with Crippen molar-refractivity contribution < 1.29 is 22.7 Å². The first-order valence-corrected chi connectivity index (χ1v) is 11.4. The van der Waals surface area contributed by atoms with Crippen LogP contribution in [-0.4, -0.2) is 37.9 Å². The molecule has 3 aromatic rings. The highest BCUT2D eigenvalue weighted by Gasteiger charge is 2.16. The number of fused-ring (bicyclic) bond motifs is 1. The summed E-state index contributed by atoms with van der Waals surface area (Å²) in [5.41, 5.74) is 3.51. The number of hydrogen-bond acceptors (Lipinski definition) is 5. The molecule has 8 nitrogen and oxygen atoms in total. The topological polar surface area (TPSA) is 106 Å². The van der Waals surface area contributed by atoms with Crippen LogP contribution in [0.3, 0.4) is 0 Å². The molecule has 1 unspecified atom stereocenters. The minimum Gasteiger partial charge on any atom is -0.496 e. The number of ether oxygens (including phenoxy) is 1. The second kappa shape index (κ2) is 8.45. The number of aryl methyl sites for hydroxylation is 1. The quantitative estimate of drug-likeness (QED) is 0.565. The van der Waals surface area contributed by atoms with Gasteiger partial charge in [0.2, 0.25) is 15.7 Å². The number of carbonyl (C=O) groups excluding carboxylic acids is 2. The molecule has 2 aromatic carbocycles. The van der Waals surface area contributed by atoms with Crippen LogP contribution in [0.25, 0.3) is 10.9 Å². The van der Waals surface area contributed by atoms with E-state index in [-0.39, 0.29) is 11.2 Å². The molecule has 158 valence electrons. The summed E-state index contributed by atoms with van der Waals surface area (Å²) >= 11 is 0. The first-order valence-electron chi connectivity index (χ1n) is 8.91. The van der Waals surface area contributed by atoms with Crippen molar-refractivity contribution in [2.24, 2.45) is 7.05 Å². The summed E-state index contributed by atoms with van der Waals surface area (Å²) in [7, 11) is 1.86. The molecule has 2 amide bonds. The molecule has 0 spiro atoms. The van der Waals surface area contributed by atoms with E-state index in [9.17, 15) is 18.0 Å². The molecule has 0 radical (unpaired) electrons. The van der Waals surface area contributed by atoms with E-state index < -0.39 is 15.9 Å². The average molecular weight is 447 g/mol. The van der Waals surface area contributed by atoms with Crippen molar-refractivity contribution in [1.29, 1.82) is 0 Å². The molecule has 2 N–H and O–H groups in total. The molecule has 0 bridgehead atoms. The van der Waals surface area contributed by atoms with Crippen molar-refractivity contribution in [3.63, 3.8) is 0 Å². The molecular weight excluding hydrogens is 425 g/mol. The van der Waals surface area contributed by atoms with Crippen molar-refractivity contribution in [2.45, 2.75) is 6.42 Å². The minimum atomic E-state index is -3.66. The Labute approximate surface area is 176 Å². The van der Waals surface area contributed by atoms with E-state index in [1.807, 2.05) is 40.7 Å². The van der Waals surface area contributed by atoms with Gasteiger partial charge in [-0.15, -0.1) is 0 Å². The van der Waals surface area contributed by atoms with Gasteiger partial charge in [-0.3, -0.25) is 9.59 Å². The van der Waals surface area contributed by atoms with Crippen LogP contribution in [0.2, 0.25) is 0 Å². The molecule has 0 aliphatic carbocycles. The molecule has 0 aliphatic rings. The summed E-state index contributed by atoms with van der Waals surface area (Å²) in [5.74, 6) is -0.243. The van der Waals surface area contributed by atoms with Gasteiger partial charge in [-0.05, 0) is 50.7 Å². The van der Waals surface area contributed by atoms with Gasteiger partial charge in [0.15, 0.2) is 0 Å². The zero-order valence-corrected chi connectivity index (χ0v) is 18.7. The SMILES string of the molecule is COc1cc(C(=O)NS(C)(=O)=O)ccc1Cc1cn(C)c2ccc(NC(=O)P)cc12. The standard InChI is InChI=1S/C20H22N3O5PS/c1-23-11-14(16-10-15(21-20(25)29)6-7-17(16)23)8-12-4-5-13(9-18(12)28-2)19(24)22-30(3,26)27/h4-7,9-11H,8,29H2,1-3H3,(H,21,25)(H,22,24). The lowest BCUT2D eigenvalue weighted by Crippen LogP contribution is -2.29. The number of aromatic nitrogens is 1. The van der Waals surface area contributed by atoms with Crippen LogP contribution in [0.1, 0.15) is 21.5 Å². The lowest BCUT2D eigenvalue weighted by atomic mass is 10.0. The van der Waals surface area contributed by atoms with E-state index in [2.05, 4.69) is 14.6 Å². The van der Waals surface area contributed by atoms with E-state index >= 15 is 0 Å². The van der Waals surface area contributed by atoms with Crippen LogP contribution in [0.15, 0.2) is 42.6 Å². The Bertz CT molecular complexity index is 1250. The average Bonchev–Trinajstić information content (AvgIpc) is 2.95. The Morgan fingerprint density at radius 1 is 1.13 bits per heavy atom. The molecular formula is C20H22N3O5PS. The molecule has 30 heavy (non-hydrogen) atoms. The fraction of sp³-hybridized carbons (Fsp3) is 0.200. The zero-order valence-electron chi connectivity index (χ0n) is 16.7. The van der Waals surface area contributed by atoms with Gasteiger partial charge in [0.1, 0.15) is 5.75 Å². The smallest absolute Gasteiger partial charge is 0.264 e. The van der Waals surface area contributed by atoms with Crippen LogP contribution < -0.4 is 14.8 Å². The zero-order chi connectivity index (χ0) is 22.1. The number of rotatable bonds is 6. The lowest BCUT2D eigenvalue weighted by molar-refractivity contribution is 0.0981. The first-order chi connectivity index (χ1) is 14.1. The van der Waals surface area contributed by atoms with Crippen molar-refractivity contribution in [3.8, 4) is 5.75 Å². The molecule has 1 aromatic heterocycles. The fourth-order valence-electron chi connectivity index (χ4n) is 3.30. The van der Waals surface area contributed by atoms with E-state index in [0.717, 1.165) is 28.3 Å². The van der Waals surface area contributed by atoms with Crippen LogP contribution in [-0.2, 0) is 23.5 Å². The maximum absolute atomic E-state index is 12.1. The fourth-order valence-corrected chi connectivity index (χ4v) is 3.92. The highest BCUT2D eigenvalue weighted by atomic mass is 32.2. The molecule has 1 heterocycles. The Hall–Kier alpha value is -2.90. The van der Waals surface area contributed by atoms with E-state index in [1.165, 1.54) is 13.2 Å². The molecule has 10 heteroatoms. The third-order valence-electron chi connectivity index (χ3n) is 4.55. The predicted octanol–water partition coefficient (Wildman–Crippen LogP) is 2.87. The molecule has 0 aliphatic heterocycles. The summed E-state index contributed by atoms with van der Waals surface area (Å²) < 4.78 is 32.0. The number of nitrogens with one attached hydrogen (secondary N) is 2. The van der Waals surface area contributed by atoms with Crippen LogP contribution in [0.4, 0.5) is 10.5 Å². The van der Waals surface area contributed by atoms with Crippen LogP contribution >= 0.6 is 9.24 Å². The first kappa shape index (κ1) is 21.8. The van der Waals surface area contributed by atoms with E-state index in [4.69, 9.17) is 4.74 Å². The van der Waals surface area contributed by atoms with Crippen molar-refractivity contribution >= 4 is 47.4 Å². The summed E-state index contributed by atoms with van der Waals surface area (Å²) in [5, 5.41) is 3.74. The molecule has 1 atom stereocenters. The highest BCUT2D eigenvalue weighted by Crippen LogP contribution is 2.30. The third kappa shape index (κ3) is 4.98. The van der Waals surface area contributed by atoms with Crippen LogP contribution in [0.5, 0.6) is 5.75 Å². The van der Waals surface area contributed by atoms with Gasteiger partial charge in [-0.1, -0.05) is 6.07 Å². The normalized spacial score (nSPS) is 11.3. The van der Waals surface area contributed by atoms with Gasteiger partial charge in [0.05, 0.1) is 13.4 Å². The number of hydrogen-bond donors (Lipinski definition) is 2. The number of anilines is 1. The van der Waals surface area contributed by atoms with Gasteiger partial charge in [0, 0.05) is 41.8 Å². The minimum absolute atomic E-state index is 0.185.